The summed E-state index contributed by atoms with van der Waals surface area (Å²) < 4.78 is 5.29. The molecule has 0 atom stereocenters. The van der Waals surface area contributed by atoms with E-state index >= 15 is 0 Å². The molecule has 0 saturated carbocycles. The predicted molar refractivity (Wildman–Crippen MR) is 91.3 cm³/mol. The number of carbonyl (C=O) groups is 2. The van der Waals surface area contributed by atoms with Crippen LogP contribution in [0.15, 0.2) is 18.3 Å². The van der Waals surface area contributed by atoms with Crippen LogP contribution in [0.4, 0.5) is 11.5 Å². The molecule has 128 valence electrons. The van der Waals surface area contributed by atoms with E-state index in [0.29, 0.717) is 5.82 Å². The van der Waals surface area contributed by atoms with Crippen molar-refractivity contribution < 1.29 is 14.3 Å². The summed E-state index contributed by atoms with van der Waals surface area (Å²) >= 11 is 0. The molecule has 0 spiro atoms. The minimum atomic E-state index is -0.899. The number of ether oxygens (including phenoxy) is 1. The molecule has 0 fully saturated rings. The average molecular weight is 321 g/mol. The van der Waals surface area contributed by atoms with Crippen molar-refractivity contribution in [2.45, 2.75) is 53.6 Å². The molecule has 0 aromatic carbocycles. The SMILES string of the molecule is CCNc1cccnc1NC(=O)C(C)(C)CC(=O)OC(C)(C)C. The fourth-order valence-corrected chi connectivity index (χ4v) is 1.93. The number of rotatable bonds is 6. The number of hydrogen-bond acceptors (Lipinski definition) is 5. The molecule has 0 aliphatic heterocycles. The lowest BCUT2D eigenvalue weighted by molar-refractivity contribution is -0.158. The van der Waals surface area contributed by atoms with Crippen LogP contribution in [-0.4, -0.2) is 29.0 Å². The lowest BCUT2D eigenvalue weighted by Gasteiger charge is -2.26. The summed E-state index contributed by atoms with van der Waals surface area (Å²) in [5, 5.41) is 5.92. The number of amides is 1. The van der Waals surface area contributed by atoms with Crippen molar-refractivity contribution in [1.82, 2.24) is 4.98 Å². The van der Waals surface area contributed by atoms with Crippen molar-refractivity contribution in [2.75, 3.05) is 17.2 Å². The third kappa shape index (κ3) is 6.26. The summed E-state index contributed by atoms with van der Waals surface area (Å²) in [5.41, 5.74) is -0.719. The number of carbonyl (C=O) groups excluding carboxylic acids is 2. The molecular formula is C17H27N3O3. The van der Waals surface area contributed by atoms with E-state index < -0.39 is 17.0 Å². The topological polar surface area (TPSA) is 80.3 Å². The molecule has 1 amide bonds. The lowest BCUT2D eigenvalue weighted by atomic mass is 9.88. The fraction of sp³-hybridized carbons (Fsp3) is 0.588. The van der Waals surface area contributed by atoms with Crippen molar-refractivity contribution in [3.63, 3.8) is 0 Å². The second-order valence-electron chi connectivity index (χ2n) is 7.03. The van der Waals surface area contributed by atoms with Gasteiger partial charge >= 0.3 is 5.97 Å². The van der Waals surface area contributed by atoms with Crippen LogP contribution in [0.2, 0.25) is 0 Å². The van der Waals surface area contributed by atoms with Crippen LogP contribution in [-0.2, 0) is 14.3 Å². The van der Waals surface area contributed by atoms with Gasteiger partial charge in [-0.3, -0.25) is 9.59 Å². The largest absolute Gasteiger partial charge is 0.460 e. The van der Waals surface area contributed by atoms with Gasteiger partial charge in [-0.25, -0.2) is 4.98 Å². The van der Waals surface area contributed by atoms with Gasteiger partial charge in [-0.15, -0.1) is 0 Å². The molecule has 6 nitrogen and oxygen atoms in total. The normalized spacial score (nSPS) is 11.7. The molecule has 1 aromatic rings. The Morgan fingerprint density at radius 3 is 2.43 bits per heavy atom. The van der Waals surface area contributed by atoms with Crippen LogP contribution in [0.25, 0.3) is 0 Å². The van der Waals surface area contributed by atoms with E-state index in [2.05, 4.69) is 15.6 Å². The summed E-state index contributed by atoms with van der Waals surface area (Å²) in [6, 6.07) is 3.63. The predicted octanol–water partition coefficient (Wildman–Crippen LogP) is 3.21. The van der Waals surface area contributed by atoms with Crippen molar-refractivity contribution in [1.29, 1.82) is 0 Å². The van der Waals surface area contributed by atoms with E-state index in [9.17, 15) is 9.59 Å². The first kappa shape index (κ1) is 18.9. The van der Waals surface area contributed by atoms with Crippen LogP contribution in [0.1, 0.15) is 48.0 Å². The van der Waals surface area contributed by atoms with Gasteiger partial charge in [0.2, 0.25) is 5.91 Å². The quantitative estimate of drug-likeness (QED) is 0.786. The monoisotopic (exact) mass is 321 g/mol. The Labute approximate surface area is 138 Å². The minimum Gasteiger partial charge on any atom is -0.460 e. The molecule has 0 radical (unpaired) electrons. The zero-order valence-electron chi connectivity index (χ0n) is 14.8. The highest BCUT2D eigenvalue weighted by Gasteiger charge is 2.33. The third-order valence-electron chi connectivity index (χ3n) is 3.03. The van der Waals surface area contributed by atoms with Gasteiger partial charge in [-0.1, -0.05) is 13.8 Å². The molecule has 1 aromatic heterocycles. The number of aromatic nitrogens is 1. The van der Waals surface area contributed by atoms with Gasteiger partial charge in [0.25, 0.3) is 0 Å². The minimum absolute atomic E-state index is 0.000519. The average Bonchev–Trinajstić information content (AvgIpc) is 2.38. The first-order valence-corrected chi connectivity index (χ1v) is 7.77. The van der Waals surface area contributed by atoms with E-state index in [4.69, 9.17) is 4.74 Å². The first-order chi connectivity index (χ1) is 10.5. The van der Waals surface area contributed by atoms with Crippen molar-refractivity contribution in [2.24, 2.45) is 5.41 Å². The summed E-state index contributed by atoms with van der Waals surface area (Å²) in [5.74, 6) is -0.219. The summed E-state index contributed by atoms with van der Waals surface area (Å²) in [6.07, 6.45) is 1.61. The molecule has 0 aliphatic rings. The highest BCUT2D eigenvalue weighted by atomic mass is 16.6. The standard InChI is InChI=1S/C17H27N3O3/c1-7-18-12-9-8-10-19-14(12)20-15(22)17(5,6)11-13(21)23-16(2,3)4/h8-10,18H,7,11H2,1-6H3,(H,19,20,22). The van der Waals surface area contributed by atoms with Crippen LogP contribution < -0.4 is 10.6 Å². The van der Waals surface area contributed by atoms with E-state index in [1.807, 2.05) is 13.0 Å². The Bertz CT molecular complexity index is 562. The van der Waals surface area contributed by atoms with Gasteiger partial charge in [0.1, 0.15) is 5.60 Å². The molecule has 1 heterocycles. The molecule has 23 heavy (non-hydrogen) atoms. The molecule has 0 saturated heterocycles. The number of nitrogens with one attached hydrogen (secondary N) is 2. The Kier molecular flexibility index (Phi) is 6.12. The zero-order valence-corrected chi connectivity index (χ0v) is 14.8. The van der Waals surface area contributed by atoms with Crippen LogP contribution in [0.5, 0.6) is 0 Å². The van der Waals surface area contributed by atoms with Gasteiger partial charge in [-0.2, -0.15) is 0 Å². The van der Waals surface area contributed by atoms with E-state index in [1.54, 1.807) is 46.9 Å². The van der Waals surface area contributed by atoms with Gasteiger partial charge < -0.3 is 15.4 Å². The summed E-state index contributed by atoms with van der Waals surface area (Å²) in [4.78, 5) is 28.7. The van der Waals surface area contributed by atoms with E-state index in [1.165, 1.54) is 0 Å². The smallest absolute Gasteiger partial charge is 0.307 e. The Hall–Kier alpha value is -2.11. The molecule has 0 unspecified atom stereocenters. The number of esters is 1. The molecule has 0 aliphatic carbocycles. The van der Waals surface area contributed by atoms with Crippen LogP contribution >= 0.6 is 0 Å². The number of anilines is 2. The molecule has 0 bridgehead atoms. The first-order valence-electron chi connectivity index (χ1n) is 7.77. The Morgan fingerprint density at radius 1 is 1.22 bits per heavy atom. The van der Waals surface area contributed by atoms with E-state index in [-0.39, 0.29) is 12.3 Å². The highest BCUT2D eigenvalue weighted by molar-refractivity contribution is 5.98. The molecule has 6 heteroatoms. The van der Waals surface area contributed by atoms with Gasteiger partial charge in [0.15, 0.2) is 5.82 Å². The summed E-state index contributed by atoms with van der Waals surface area (Å²) in [6.45, 7) is 11.5. The van der Waals surface area contributed by atoms with Gasteiger partial charge in [0, 0.05) is 12.7 Å². The third-order valence-corrected chi connectivity index (χ3v) is 3.03. The second kappa shape index (κ2) is 7.44. The van der Waals surface area contributed by atoms with Crippen molar-refractivity contribution in [3.05, 3.63) is 18.3 Å². The number of nitrogens with zero attached hydrogens (tertiary/aromatic N) is 1. The van der Waals surface area contributed by atoms with Crippen LogP contribution in [0, 0.1) is 5.41 Å². The van der Waals surface area contributed by atoms with Crippen molar-refractivity contribution in [3.8, 4) is 0 Å². The van der Waals surface area contributed by atoms with Crippen molar-refractivity contribution >= 4 is 23.4 Å². The zero-order chi connectivity index (χ0) is 17.7. The maximum absolute atomic E-state index is 12.5. The summed E-state index contributed by atoms with van der Waals surface area (Å²) in [7, 11) is 0. The van der Waals surface area contributed by atoms with Gasteiger partial charge in [0.05, 0.1) is 17.5 Å². The maximum atomic E-state index is 12.5. The Balaban J connectivity index is 2.78. The van der Waals surface area contributed by atoms with E-state index in [0.717, 1.165) is 12.2 Å². The maximum Gasteiger partial charge on any atom is 0.307 e. The molecular weight excluding hydrogens is 294 g/mol. The Morgan fingerprint density at radius 2 is 1.87 bits per heavy atom. The van der Waals surface area contributed by atoms with Gasteiger partial charge in [-0.05, 0) is 39.8 Å². The van der Waals surface area contributed by atoms with Crippen LogP contribution in [0.3, 0.4) is 0 Å². The number of pyridine rings is 1. The molecule has 1 rings (SSSR count). The fourth-order valence-electron chi connectivity index (χ4n) is 1.93. The highest BCUT2D eigenvalue weighted by Crippen LogP contribution is 2.26. The molecule has 2 N–H and O–H groups in total. The number of hydrogen-bond donors (Lipinski definition) is 2. The lowest BCUT2D eigenvalue weighted by Crippen LogP contribution is -2.35. The second-order valence-corrected chi connectivity index (χ2v) is 7.03.